The first-order valence-corrected chi connectivity index (χ1v) is 5.88. The fourth-order valence-corrected chi connectivity index (χ4v) is 2.11. The quantitative estimate of drug-likeness (QED) is 0.576. The van der Waals surface area contributed by atoms with Crippen molar-refractivity contribution < 1.29 is 0 Å². The second-order valence-corrected chi connectivity index (χ2v) is 4.31. The van der Waals surface area contributed by atoms with Crippen molar-refractivity contribution >= 4 is 0 Å². The standard InChI is InChI=1S/C15H22/c1-5-7-8-14(6-2)15-10-9-12(3)11-13(15)4/h5,7-10,13H,6,11H2,1-4H3/b7-5-,14-8+. The van der Waals surface area contributed by atoms with E-state index < -0.39 is 0 Å². The molecule has 1 aliphatic rings. The Hall–Kier alpha value is -1.04. The van der Waals surface area contributed by atoms with Gasteiger partial charge in [-0.25, -0.2) is 0 Å². The van der Waals surface area contributed by atoms with Crippen molar-refractivity contribution in [3.63, 3.8) is 0 Å². The maximum absolute atomic E-state index is 2.32. The average Bonchev–Trinajstić information content (AvgIpc) is 2.21. The number of rotatable bonds is 3. The molecular formula is C15H22. The third-order valence-corrected chi connectivity index (χ3v) is 2.95. The summed E-state index contributed by atoms with van der Waals surface area (Å²) in [6.45, 7) is 8.83. The molecule has 15 heavy (non-hydrogen) atoms. The highest BCUT2D eigenvalue weighted by atomic mass is 14.2. The second-order valence-electron chi connectivity index (χ2n) is 4.31. The Balaban J connectivity index is 2.94. The van der Waals surface area contributed by atoms with Gasteiger partial charge in [-0.05, 0) is 43.8 Å². The largest absolute Gasteiger partial charge is 0.0877 e. The van der Waals surface area contributed by atoms with E-state index in [9.17, 15) is 0 Å². The molecule has 0 aromatic rings. The lowest BCUT2D eigenvalue weighted by molar-refractivity contribution is 0.663. The topological polar surface area (TPSA) is 0 Å². The van der Waals surface area contributed by atoms with E-state index in [0.29, 0.717) is 5.92 Å². The molecule has 0 nitrogen and oxygen atoms in total. The molecule has 0 aromatic heterocycles. The summed E-state index contributed by atoms with van der Waals surface area (Å²) in [4.78, 5) is 0. The van der Waals surface area contributed by atoms with Crippen LogP contribution in [0, 0.1) is 5.92 Å². The lowest BCUT2D eigenvalue weighted by atomic mass is 9.84. The van der Waals surface area contributed by atoms with Gasteiger partial charge >= 0.3 is 0 Å². The van der Waals surface area contributed by atoms with Gasteiger partial charge in [-0.3, -0.25) is 0 Å². The maximum atomic E-state index is 2.32. The third kappa shape index (κ3) is 3.23. The molecule has 0 aromatic carbocycles. The van der Waals surface area contributed by atoms with Crippen LogP contribution in [0.15, 0.2) is 47.1 Å². The third-order valence-electron chi connectivity index (χ3n) is 2.95. The summed E-state index contributed by atoms with van der Waals surface area (Å²) in [6.07, 6.45) is 13.3. The smallest absolute Gasteiger partial charge is 0.0150 e. The van der Waals surface area contributed by atoms with E-state index in [-0.39, 0.29) is 0 Å². The van der Waals surface area contributed by atoms with E-state index in [4.69, 9.17) is 0 Å². The van der Waals surface area contributed by atoms with Gasteiger partial charge in [-0.2, -0.15) is 0 Å². The SMILES string of the molecule is C/C=C\C=C(/CC)C1=CC=C(C)CC1C. The van der Waals surface area contributed by atoms with Gasteiger partial charge < -0.3 is 0 Å². The van der Waals surface area contributed by atoms with Crippen LogP contribution < -0.4 is 0 Å². The van der Waals surface area contributed by atoms with Crippen molar-refractivity contribution in [1.82, 2.24) is 0 Å². The molecule has 0 aliphatic heterocycles. The van der Waals surface area contributed by atoms with Crippen molar-refractivity contribution in [2.45, 2.75) is 40.5 Å². The number of hydrogen-bond donors (Lipinski definition) is 0. The number of allylic oxidation sites excluding steroid dienone is 8. The highest BCUT2D eigenvalue weighted by molar-refractivity contribution is 5.40. The molecule has 0 saturated heterocycles. The highest BCUT2D eigenvalue weighted by Crippen LogP contribution is 2.30. The monoisotopic (exact) mass is 202 g/mol. The fraction of sp³-hybridized carbons (Fsp3) is 0.467. The normalized spacial score (nSPS) is 22.9. The van der Waals surface area contributed by atoms with Crippen molar-refractivity contribution in [2.24, 2.45) is 5.92 Å². The van der Waals surface area contributed by atoms with Gasteiger partial charge in [0, 0.05) is 0 Å². The van der Waals surface area contributed by atoms with Gasteiger partial charge in [0.05, 0.1) is 0 Å². The molecular weight excluding hydrogens is 180 g/mol. The molecule has 0 N–H and O–H groups in total. The minimum absolute atomic E-state index is 0.673. The van der Waals surface area contributed by atoms with Crippen molar-refractivity contribution in [2.75, 3.05) is 0 Å². The maximum Gasteiger partial charge on any atom is -0.0150 e. The van der Waals surface area contributed by atoms with Crippen molar-refractivity contribution in [3.05, 3.63) is 47.1 Å². The molecule has 1 atom stereocenters. The fourth-order valence-electron chi connectivity index (χ4n) is 2.11. The zero-order valence-corrected chi connectivity index (χ0v) is 10.4. The molecule has 1 aliphatic carbocycles. The Bertz CT molecular complexity index is 324. The van der Waals surface area contributed by atoms with Gasteiger partial charge in [0.25, 0.3) is 0 Å². The average molecular weight is 202 g/mol. The van der Waals surface area contributed by atoms with E-state index in [1.165, 1.54) is 23.1 Å². The van der Waals surface area contributed by atoms with E-state index in [0.717, 1.165) is 6.42 Å². The Morgan fingerprint density at radius 2 is 2.20 bits per heavy atom. The summed E-state index contributed by atoms with van der Waals surface area (Å²) in [5.74, 6) is 0.673. The molecule has 1 rings (SSSR count). The van der Waals surface area contributed by atoms with Crippen LogP contribution in [-0.4, -0.2) is 0 Å². The highest BCUT2D eigenvalue weighted by Gasteiger charge is 2.14. The van der Waals surface area contributed by atoms with E-state index in [1.54, 1.807) is 0 Å². The van der Waals surface area contributed by atoms with Crippen LogP contribution in [-0.2, 0) is 0 Å². The molecule has 0 heterocycles. The lowest BCUT2D eigenvalue weighted by Gasteiger charge is -2.21. The van der Waals surface area contributed by atoms with Gasteiger partial charge in [0.1, 0.15) is 0 Å². The van der Waals surface area contributed by atoms with Crippen molar-refractivity contribution in [3.8, 4) is 0 Å². The van der Waals surface area contributed by atoms with Crippen LogP contribution >= 0.6 is 0 Å². The summed E-state index contributed by atoms with van der Waals surface area (Å²) in [6, 6.07) is 0. The first kappa shape index (κ1) is 12.0. The van der Waals surface area contributed by atoms with Gasteiger partial charge in [0.15, 0.2) is 0 Å². The van der Waals surface area contributed by atoms with Crippen LogP contribution in [0.1, 0.15) is 40.5 Å². The van der Waals surface area contributed by atoms with Crippen LogP contribution in [0.2, 0.25) is 0 Å². The molecule has 0 amide bonds. The molecule has 1 unspecified atom stereocenters. The van der Waals surface area contributed by atoms with Crippen LogP contribution in [0.4, 0.5) is 0 Å². The minimum Gasteiger partial charge on any atom is -0.0877 e. The van der Waals surface area contributed by atoms with E-state index in [2.05, 4.69) is 58.1 Å². The molecule has 0 heteroatoms. The van der Waals surface area contributed by atoms with Crippen molar-refractivity contribution in [1.29, 1.82) is 0 Å². The van der Waals surface area contributed by atoms with Gasteiger partial charge in [-0.15, -0.1) is 0 Å². The predicted octanol–water partition coefficient (Wildman–Crippen LogP) is 4.81. The Labute approximate surface area is 94.1 Å². The van der Waals surface area contributed by atoms with Crippen LogP contribution in [0.25, 0.3) is 0 Å². The number of hydrogen-bond acceptors (Lipinski definition) is 0. The molecule has 0 spiro atoms. The van der Waals surface area contributed by atoms with E-state index >= 15 is 0 Å². The van der Waals surface area contributed by atoms with Crippen LogP contribution in [0.5, 0.6) is 0 Å². The molecule has 0 saturated carbocycles. The summed E-state index contributed by atoms with van der Waals surface area (Å²) in [5.41, 5.74) is 4.48. The van der Waals surface area contributed by atoms with E-state index in [1.807, 2.05) is 0 Å². The zero-order valence-electron chi connectivity index (χ0n) is 10.4. The second kappa shape index (κ2) is 5.75. The first-order valence-electron chi connectivity index (χ1n) is 5.88. The van der Waals surface area contributed by atoms with Gasteiger partial charge in [-0.1, -0.05) is 49.8 Å². The molecule has 0 radical (unpaired) electrons. The summed E-state index contributed by atoms with van der Waals surface area (Å²) in [5, 5.41) is 0. The lowest BCUT2D eigenvalue weighted by Crippen LogP contribution is -2.06. The summed E-state index contributed by atoms with van der Waals surface area (Å²) >= 11 is 0. The minimum atomic E-state index is 0.673. The zero-order chi connectivity index (χ0) is 11.3. The Morgan fingerprint density at radius 1 is 1.47 bits per heavy atom. The predicted molar refractivity (Wildman–Crippen MR) is 68.8 cm³/mol. The summed E-state index contributed by atoms with van der Waals surface area (Å²) in [7, 11) is 0. The molecule has 0 fully saturated rings. The van der Waals surface area contributed by atoms with Crippen LogP contribution in [0.3, 0.4) is 0 Å². The first-order chi connectivity index (χ1) is 7.19. The molecule has 0 bridgehead atoms. The molecule has 82 valence electrons. The van der Waals surface area contributed by atoms with Gasteiger partial charge in [0.2, 0.25) is 0 Å². The summed E-state index contributed by atoms with van der Waals surface area (Å²) < 4.78 is 0. The Kier molecular flexibility index (Phi) is 4.61. The Morgan fingerprint density at radius 3 is 2.73 bits per heavy atom.